The number of benzene rings is 1. The van der Waals surface area contributed by atoms with Crippen molar-refractivity contribution < 1.29 is 13.0 Å². The summed E-state index contributed by atoms with van der Waals surface area (Å²) < 4.78 is 30.1. The van der Waals surface area contributed by atoms with E-state index >= 15 is 0 Å². The summed E-state index contributed by atoms with van der Waals surface area (Å²) in [4.78, 5) is -0.229. The summed E-state index contributed by atoms with van der Waals surface area (Å²) in [5, 5.41) is 0. The molecule has 0 aliphatic carbocycles. The standard InChI is InChI=1S/C7H10N2O3S/c8-4-5-1-6(9)3-7(2-5)13(10,11)12/h1-3H,4,8-9H2,(H,10,11,12). The first kappa shape index (κ1) is 9.97. The lowest BCUT2D eigenvalue weighted by Gasteiger charge is -2.02. The van der Waals surface area contributed by atoms with Crippen molar-refractivity contribution in [3.05, 3.63) is 23.8 Å². The Hall–Kier alpha value is -1.11. The van der Waals surface area contributed by atoms with Crippen LogP contribution in [0.1, 0.15) is 5.56 Å². The Bertz CT molecular complexity index is 414. The molecule has 0 saturated heterocycles. The molecule has 0 aliphatic heterocycles. The van der Waals surface area contributed by atoms with Crippen LogP contribution >= 0.6 is 0 Å². The van der Waals surface area contributed by atoms with Crippen LogP contribution in [0.5, 0.6) is 0 Å². The Kier molecular flexibility index (Phi) is 2.55. The number of rotatable bonds is 2. The normalized spacial score (nSPS) is 11.5. The molecule has 1 aromatic carbocycles. The van der Waals surface area contributed by atoms with Gasteiger partial charge in [-0.15, -0.1) is 0 Å². The highest BCUT2D eigenvalue weighted by Crippen LogP contribution is 2.15. The van der Waals surface area contributed by atoms with E-state index in [9.17, 15) is 8.42 Å². The van der Waals surface area contributed by atoms with E-state index in [1.165, 1.54) is 12.1 Å². The summed E-state index contributed by atoms with van der Waals surface area (Å²) >= 11 is 0. The van der Waals surface area contributed by atoms with Crippen molar-refractivity contribution in [3.8, 4) is 0 Å². The molecule has 72 valence electrons. The Morgan fingerprint density at radius 1 is 1.31 bits per heavy atom. The Balaban J connectivity index is 3.33. The third kappa shape index (κ3) is 2.41. The van der Waals surface area contributed by atoms with E-state index in [0.717, 1.165) is 0 Å². The molecule has 0 fully saturated rings. The lowest BCUT2D eigenvalue weighted by Crippen LogP contribution is -2.03. The first-order chi connectivity index (χ1) is 5.93. The van der Waals surface area contributed by atoms with Crippen molar-refractivity contribution in [2.75, 3.05) is 5.73 Å². The van der Waals surface area contributed by atoms with E-state index in [1.807, 2.05) is 0 Å². The first-order valence-electron chi connectivity index (χ1n) is 3.50. The van der Waals surface area contributed by atoms with Crippen LogP contribution in [-0.4, -0.2) is 13.0 Å². The minimum absolute atomic E-state index is 0.174. The van der Waals surface area contributed by atoms with Crippen LogP contribution in [0.2, 0.25) is 0 Å². The number of hydrogen-bond donors (Lipinski definition) is 3. The Morgan fingerprint density at radius 3 is 2.38 bits per heavy atom. The van der Waals surface area contributed by atoms with Gasteiger partial charge in [-0.3, -0.25) is 4.55 Å². The molecule has 0 unspecified atom stereocenters. The maximum Gasteiger partial charge on any atom is 0.294 e. The molecule has 1 aromatic rings. The van der Waals surface area contributed by atoms with Gasteiger partial charge >= 0.3 is 0 Å². The third-order valence-corrected chi connectivity index (χ3v) is 2.35. The smallest absolute Gasteiger partial charge is 0.294 e. The highest BCUT2D eigenvalue weighted by atomic mass is 32.2. The molecule has 0 radical (unpaired) electrons. The molecule has 0 aromatic heterocycles. The predicted molar refractivity (Wildman–Crippen MR) is 48.6 cm³/mol. The topological polar surface area (TPSA) is 106 Å². The zero-order chi connectivity index (χ0) is 10.1. The van der Waals surface area contributed by atoms with Gasteiger partial charge in [0, 0.05) is 12.2 Å². The van der Waals surface area contributed by atoms with Crippen molar-refractivity contribution in [1.82, 2.24) is 0 Å². The van der Waals surface area contributed by atoms with Crippen molar-refractivity contribution in [1.29, 1.82) is 0 Å². The zero-order valence-corrected chi connectivity index (χ0v) is 7.58. The maximum absolute atomic E-state index is 10.7. The van der Waals surface area contributed by atoms with Gasteiger partial charge in [0.15, 0.2) is 0 Å². The lowest BCUT2D eigenvalue weighted by molar-refractivity contribution is 0.483. The van der Waals surface area contributed by atoms with Crippen LogP contribution in [0.4, 0.5) is 5.69 Å². The highest BCUT2D eigenvalue weighted by molar-refractivity contribution is 7.85. The SMILES string of the molecule is NCc1cc(N)cc(S(=O)(=O)O)c1. The van der Waals surface area contributed by atoms with Crippen molar-refractivity contribution in [3.63, 3.8) is 0 Å². The predicted octanol–water partition coefficient (Wildman–Crippen LogP) is -0.0258. The average molecular weight is 202 g/mol. The first-order valence-corrected chi connectivity index (χ1v) is 4.94. The molecule has 5 N–H and O–H groups in total. The minimum atomic E-state index is -4.19. The van der Waals surface area contributed by atoms with Gasteiger partial charge in [-0.1, -0.05) is 0 Å². The van der Waals surface area contributed by atoms with E-state index in [1.54, 1.807) is 6.07 Å². The molecule has 1 rings (SSSR count). The summed E-state index contributed by atoms with van der Waals surface area (Å²) in [5.74, 6) is 0. The minimum Gasteiger partial charge on any atom is -0.399 e. The van der Waals surface area contributed by atoms with Crippen molar-refractivity contribution in [2.45, 2.75) is 11.4 Å². The van der Waals surface area contributed by atoms with Crippen LogP contribution in [0.25, 0.3) is 0 Å². The van der Waals surface area contributed by atoms with Crippen molar-refractivity contribution in [2.24, 2.45) is 5.73 Å². The Labute approximate surface area is 76.1 Å². The fourth-order valence-electron chi connectivity index (χ4n) is 0.953. The number of anilines is 1. The molecular formula is C7H10N2O3S. The van der Waals surface area contributed by atoms with Gasteiger partial charge in [0.1, 0.15) is 0 Å². The van der Waals surface area contributed by atoms with E-state index < -0.39 is 10.1 Å². The van der Waals surface area contributed by atoms with Gasteiger partial charge in [-0.05, 0) is 23.8 Å². The molecule has 13 heavy (non-hydrogen) atoms. The fourth-order valence-corrected chi connectivity index (χ4v) is 1.54. The molecular weight excluding hydrogens is 192 g/mol. The maximum atomic E-state index is 10.7. The summed E-state index contributed by atoms with van der Waals surface area (Å²) in [6.07, 6.45) is 0. The largest absolute Gasteiger partial charge is 0.399 e. The van der Waals surface area contributed by atoms with E-state index in [2.05, 4.69) is 0 Å². The molecule has 0 saturated carbocycles. The number of nitrogens with two attached hydrogens (primary N) is 2. The van der Waals surface area contributed by atoms with Gasteiger partial charge in [0.25, 0.3) is 10.1 Å². The fraction of sp³-hybridized carbons (Fsp3) is 0.143. The van der Waals surface area contributed by atoms with E-state index in [0.29, 0.717) is 5.56 Å². The summed E-state index contributed by atoms with van der Waals surface area (Å²) in [7, 11) is -4.19. The number of hydrogen-bond acceptors (Lipinski definition) is 4. The Morgan fingerprint density at radius 2 is 1.92 bits per heavy atom. The molecule has 0 aliphatic rings. The molecule has 5 nitrogen and oxygen atoms in total. The van der Waals surface area contributed by atoms with E-state index in [4.69, 9.17) is 16.0 Å². The second-order valence-electron chi connectivity index (χ2n) is 2.59. The second-order valence-corrected chi connectivity index (χ2v) is 4.01. The monoisotopic (exact) mass is 202 g/mol. The zero-order valence-electron chi connectivity index (χ0n) is 6.77. The van der Waals surface area contributed by atoms with Crippen LogP contribution in [0.3, 0.4) is 0 Å². The van der Waals surface area contributed by atoms with Gasteiger partial charge in [0.2, 0.25) is 0 Å². The van der Waals surface area contributed by atoms with Crippen LogP contribution < -0.4 is 11.5 Å². The van der Waals surface area contributed by atoms with Gasteiger partial charge < -0.3 is 11.5 Å². The molecule has 6 heteroatoms. The van der Waals surface area contributed by atoms with Crippen LogP contribution in [0.15, 0.2) is 23.1 Å². The van der Waals surface area contributed by atoms with Gasteiger partial charge in [-0.25, -0.2) is 0 Å². The molecule has 0 spiro atoms. The highest BCUT2D eigenvalue weighted by Gasteiger charge is 2.10. The van der Waals surface area contributed by atoms with Crippen LogP contribution in [-0.2, 0) is 16.7 Å². The summed E-state index contributed by atoms with van der Waals surface area (Å²) in [5.41, 5.74) is 11.5. The molecule has 0 amide bonds. The summed E-state index contributed by atoms with van der Waals surface area (Å²) in [6.45, 7) is 0.174. The van der Waals surface area contributed by atoms with Gasteiger partial charge in [-0.2, -0.15) is 8.42 Å². The van der Waals surface area contributed by atoms with Crippen molar-refractivity contribution >= 4 is 15.8 Å². The van der Waals surface area contributed by atoms with Crippen LogP contribution in [0, 0.1) is 0 Å². The molecule has 0 bridgehead atoms. The summed E-state index contributed by atoms with van der Waals surface area (Å²) in [6, 6.07) is 4.01. The van der Waals surface area contributed by atoms with E-state index in [-0.39, 0.29) is 17.1 Å². The van der Waals surface area contributed by atoms with Gasteiger partial charge in [0.05, 0.1) is 4.90 Å². The number of nitrogen functional groups attached to an aromatic ring is 1. The third-order valence-electron chi connectivity index (χ3n) is 1.52. The quantitative estimate of drug-likeness (QED) is 0.461. The molecule has 0 heterocycles. The average Bonchev–Trinajstić information content (AvgIpc) is 2.01. The lowest BCUT2D eigenvalue weighted by atomic mass is 10.2. The molecule has 0 atom stereocenters. The second kappa shape index (κ2) is 3.33.